The van der Waals surface area contributed by atoms with Crippen LogP contribution in [0.2, 0.25) is 0 Å². The summed E-state index contributed by atoms with van der Waals surface area (Å²) in [7, 11) is 0. The summed E-state index contributed by atoms with van der Waals surface area (Å²) in [5.74, 6) is -0.476. The first-order chi connectivity index (χ1) is 13.6. The minimum atomic E-state index is -0.276. The van der Waals surface area contributed by atoms with Gasteiger partial charge in [-0.15, -0.1) is 0 Å². The van der Waals surface area contributed by atoms with Crippen LogP contribution in [0.4, 0.5) is 10.5 Å². The number of benzene rings is 1. The number of hydrogen-bond acceptors (Lipinski definition) is 4. The second-order valence-electron chi connectivity index (χ2n) is 6.98. The number of carbonyl (C=O) groups is 3. The normalized spacial score (nSPS) is 14.2. The van der Waals surface area contributed by atoms with Gasteiger partial charge in [0.25, 0.3) is 5.91 Å². The standard InChI is InChI=1S/C20H31N5O3/c21-12-14-22-19(27)16-9-4-5-10-17(16)25-18(26)11-6-13-23-20(28)24-15-7-2-1-3-8-15/h4-5,9-10,15H,1-3,6-8,11-14,21H2,(H,22,27)(H,25,26)(H2,23,24,28). The summed E-state index contributed by atoms with van der Waals surface area (Å²) in [6.45, 7) is 1.14. The van der Waals surface area contributed by atoms with Gasteiger partial charge in [-0.1, -0.05) is 31.4 Å². The second-order valence-corrected chi connectivity index (χ2v) is 6.98. The number of nitrogens with two attached hydrogens (primary N) is 1. The molecule has 0 radical (unpaired) electrons. The highest BCUT2D eigenvalue weighted by molar-refractivity contribution is 6.03. The summed E-state index contributed by atoms with van der Waals surface area (Å²) in [4.78, 5) is 36.2. The van der Waals surface area contributed by atoms with Crippen molar-refractivity contribution in [3.8, 4) is 0 Å². The maximum Gasteiger partial charge on any atom is 0.315 e. The lowest BCUT2D eigenvalue weighted by Crippen LogP contribution is -2.43. The van der Waals surface area contributed by atoms with Crippen LogP contribution in [0.25, 0.3) is 0 Å². The van der Waals surface area contributed by atoms with Crippen LogP contribution in [0, 0.1) is 0 Å². The maximum atomic E-state index is 12.2. The summed E-state index contributed by atoms with van der Waals surface area (Å²) < 4.78 is 0. The molecule has 4 amide bonds. The lowest BCUT2D eigenvalue weighted by Gasteiger charge is -2.22. The number of para-hydroxylation sites is 1. The van der Waals surface area contributed by atoms with Gasteiger partial charge < -0.3 is 27.0 Å². The molecule has 0 aromatic heterocycles. The fourth-order valence-electron chi connectivity index (χ4n) is 3.22. The topological polar surface area (TPSA) is 125 Å². The van der Waals surface area contributed by atoms with Crippen LogP contribution in [0.5, 0.6) is 0 Å². The Morgan fingerprint density at radius 3 is 2.50 bits per heavy atom. The maximum absolute atomic E-state index is 12.2. The monoisotopic (exact) mass is 389 g/mol. The molecular weight excluding hydrogens is 358 g/mol. The van der Waals surface area contributed by atoms with Gasteiger partial charge in [-0.3, -0.25) is 9.59 Å². The number of amides is 4. The molecule has 8 nitrogen and oxygen atoms in total. The van der Waals surface area contributed by atoms with Crippen molar-refractivity contribution in [1.29, 1.82) is 0 Å². The average Bonchev–Trinajstić information content (AvgIpc) is 2.70. The molecule has 0 atom stereocenters. The zero-order valence-corrected chi connectivity index (χ0v) is 16.3. The van der Waals surface area contributed by atoms with Crippen molar-refractivity contribution in [2.24, 2.45) is 5.73 Å². The van der Waals surface area contributed by atoms with Gasteiger partial charge in [0, 0.05) is 32.1 Å². The molecular formula is C20H31N5O3. The van der Waals surface area contributed by atoms with E-state index in [1.54, 1.807) is 24.3 Å². The Kier molecular flexibility index (Phi) is 9.27. The number of urea groups is 1. The molecule has 8 heteroatoms. The van der Waals surface area contributed by atoms with Crippen LogP contribution in [0.3, 0.4) is 0 Å². The van der Waals surface area contributed by atoms with Gasteiger partial charge in [0.05, 0.1) is 11.3 Å². The van der Waals surface area contributed by atoms with Gasteiger partial charge in [0.2, 0.25) is 5.91 Å². The van der Waals surface area contributed by atoms with E-state index in [2.05, 4.69) is 21.3 Å². The van der Waals surface area contributed by atoms with Crippen molar-refractivity contribution in [3.63, 3.8) is 0 Å². The molecule has 28 heavy (non-hydrogen) atoms. The Balaban J connectivity index is 1.69. The van der Waals surface area contributed by atoms with Gasteiger partial charge >= 0.3 is 6.03 Å². The fourth-order valence-corrected chi connectivity index (χ4v) is 3.22. The lowest BCUT2D eigenvalue weighted by atomic mass is 9.96. The zero-order chi connectivity index (χ0) is 20.2. The second kappa shape index (κ2) is 12.0. The van der Waals surface area contributed by atoms with E-state index in [-0.39, 0.29) is 30.3 Å². The van der Waals surface area contributed by atoms with Crippen molar-refractivity contribution in [1.82, 2.24) is 16.0 Å². The van der Waals surface area contributed by atoms with E-state index in [9.17, 15) is 14.4 Å². The molecule has 0 bridgehead atoms. The molecule has 1 aliphatic carbocycles. The molecule has 1 aliphatic rings. The Bertz CT molecular complexity index is 659. The molecule has 0 heterocycles. The molecule has 0 unspecified atom stereocenters. The third kappa shape index (κ3) is 7.56. The summed E-state index contributed by atoms with van der Waals surface area (Å²) in [6.07, 6.45) is 6.41. The highest BCUT2D eigenvalue weighted by Gasteiger charge is 2.15. The van der Waals surface area contributed by atoms with E-state index in [1.165, 1.54) is 6.42 Å². The minimum Gasteiger partial charge on any atom is -0.351 e. The highest BCUT2D eigenvalue weighted by Crippen LogP contribution is 2.17. The Morgan fingerprint density at radius 1 is 1.00 bits per heavy atom. The molecule has 154 valence electrons. The smallest absolute Gasteiger partial charge is 0.315 e. The molecule has 1 aromatic rings. The van der Waals surface area contributed by atoms with Gasteiger partial charge in [0.1, 0.15) is 0 Å². The number of hydrogen-bond donors (Lipinski definition) is 5. The average molecular weight is 390 g/mol. The summed E-state index contributed by atoms with van der Waals surface area (Å²) in [5.41, 5.74) is 6.26. The summed E-state index contributed by atoms with van der Waals surface area (Å²) in [6, 6.07) is 6.92. The van der Waals surface area contributed by atoms with Gasteiger partial charge in [-0.2, -0.15) is 0 Å². The number of rotatable bonds is 9. The highest BCUT2D eigenvalue weighted by atomic mass is 16.2. The van der Waals surface area contributed by atoms with Gasteiger partial charge in [-0.25, -0.2) is 4.79 Å². The van der Waals surface area contributed by atoms with Crippen molar-refractivity contribution in [3.05, 3.63) is 29.8 Å². The Hall–Kier alpha value is -2.61. The molecule has 1 saturated carbocycles. The van der Waals surface area contributed by atoms with E-state index in [0.717, 1.165) is 25.7 Å². The third-order valence-electron chi connectivity index (χ3n) is 4.68. The molecule has 0 saturated heterocycles. The van der Waals surface area contributed by atoms with E-state index < -0.39 is 0 Å². The third-order valence-corrected chi connectivity index (χ3v) is 4.68. The molecule has 6 N–H and O–H groups in total. The summed E-state index contributed by atoms with van der Waals surface area (Å²) >= 11 is 0. The Morgan fingerprint density at radius 2 is 1.75 bits per heavy atom. The van der Waals surface area contributed by atoms with Crippen LogP contribution >= 0.6 is 0 Å². The van der Waals surface area contributed by atoms with Crippen LogP contribution in [-0.2, 0) is 4.79 Å². The summed E-state index contributed by atoms with van der Waals surface area (Å²) in [5, 5.41) is 11.2. The van der Waals surface area contributed by atoms with Gasteiger partial charge in [0.15, 0.2) is 0 Å². The van der Waals surface area contributed by atoms with Crippen molar-refractivity contribution >= 4 is 23.5 Å². The predicted octanol–water partition coefficient (Wildman–Crippen LogP) is 1.73. The van der Waals surface area contributed by atoms with Crippen LogP contribution in [-0.4, -0.2) is 43.5 Å². The van der Waals surface area contributed by atoms with E-state index in [0.29, 0.717) is 37.3 Å². The van der Waals surface area contributed by atoms with E-state index >= 15 is 0 Å². The predicted molar refractivity (Wildman–Crippen MR) is 109 cm³/mol. The molecule has 0 aliphatic heterocycles. The molecule has 1 fully saturated rings. The van der Waals surface area contributed by atoms with Crippen molar-refractivity contribution < 1.29 is 14.4 Å². The fraction of sp³-hybridized carbons (Fsp3) is 0.550. The number of carbonyl (C=O) groups excluding carboxylic acids is 3. The van der Waals surface area contributed by atoms with Crippen molar-refractivity contribution in [2.75, 3.05) is 25.0 Å². The molecule has 1 aromatic carbocycles. The van der Waals surface area contributed by atoms with Crippen LogP contribution in [0.15, 0.2) is 24.3 Å². The first-order valence-electron chi connectivity index (χ1n) is 10.0. The quantitative estimate of drug-likeness (QED) is 0.412. The number of nitrogens with one attached hydrogen (secondary N) is 4. The first kappa shape index (κ1) is 21.7. The van der Waals surface area contributed by atoms with E-state index in [1.807, 2.05) is 0 Å². The lowest BCUT2D eigenvalue weighted by molar-refractivity contribution is -0.116. The van der Waals surface area contributed by atoms with Crippen molar-refractivity contribution in [2.45, 2.75) is 51.0 Å². The molecule has 0 spiro atoms. The van der Waals surface area contributed by atoms with Crippen LogP contribution in [0.1, 0.15) is 55.3 Å². The Labute approximate surface area is 166 Å². The number of anilines is 1. The van der Waals surface area contributed by atoms with Gasteiger partial charge in [-0.05, 0) is 31.4 Å². The first-order valence-corrected chi connectivity index (χ1v) is 10.0. The molecule has 2 rings (SSSR count). The SMILES string of the molecule is NCCNC(=O)c1ccccc1NC(=O)CCCNC(=O)NC1CCCCC1. The minimum absolute atomic E-state index is 0.172. The van der Waals surface area contributed by atoms with E-state index in [4.69, 9.17) is 5.73 Å². The van der Waals surface area contributed by atoms with Crippen LogP contribution < -0.4 is 27.0 Å². The largest absolute Gasteiger partial charge is 0.351 e. The zero-order valence-electron chi connectivity index (χ0n) is 16.3.